The van der Waals surface area contributed by atoms with E-state index in [9.17, 15) is 28.6 Å². The minimum atomic E-state index is -4.22. The maximum atomic E-state index is 12.3. The zero-order valence-corrected chi connectivity index (χ0v) is 13.8. The van der Waals surface area contributed by atoms with Gasteiger partial charge in [-0.25, -0.2) is 8.42 Å². The van der Waals surface area contributed by atoms with Gasteiger partial charge in [-0.15, -0.1) is 0 Å². The van der Waals surface area contributed by atoms with Crippen LogP contribution in [0.5, 0.6) is 0 Å². The van der Waals surface area contributed by atoms with Crippen LogP contribution in [0.3, 0.4) is 0 Å². The number of nitrogens with one attached hydrogen (secondary N) is 1. The van der Waals surface area contributed by atoms with Gasteiger partial charge in [-0.3, -0.25) is 25.0 Å². The van der Waals surface area contributed by atoms with Crippen molar-refractivity contribution in [1.29, 1.82) is 0 Å². The van der Waals surface area contributed by atoms with Crippen LogP contribution < -0.4 is 4.72 Å². The minimum absolute atomic E-state index is 0.122. The van der Waals surface area contributed by atoms with Crippen molar-refractivity contribution >= 4 is 50.3 Å². The highest BCUT2D eigenvalue weighted by Crippen LogP contribution is 2.30. The fourth-order valence-electron chi connectivity index (χ4n) is 1.73. The van der Waals surface area contributed by atoms with Crippen molar-refractivity contribution in [2.75, 3.05) is 4.72 Å². The van der Waals surface area contributed by atoms with Crippen LogP contribution in [0.15, 0.2) is 41.3 Å². The summed E-state index contributed by atoms with van der Waals surface area (Å²) in [5.41, 5.74) is -1.19. The van der Waals surface area contributed by atoms with Crippen LogP contribution in [-0.4, -0.2) is 18.3 Å². The molecule has 2 aromatic carbocycles. The molecule has 0 unspecified atom stereocenters. The van der Waals surface area contributed by atoms with Crippen LogP contribution in [0.25, 0.3) is 0 Å². The SMILES string of the molecule is O=[N+]([O-])c1cc(NS(=O)(=O)c2ccc(Cl)c([N+](=O)[O-])c2)ccc1Cl. The first-order chi connectivity index (χ1) is 11.1. The molecule has 0 aromatic heterocycles. The number of nitro groups is 2. The van der Waals surface area contributed by atoms with E-state index in [1.165, 1.54) is 6.07 Å². The molecule has 0 aliphatic rings. The molecule has 0 radical (unpaired) electrons. The van der Waals surface area contributed by atoms with Gasteiger partial charge in [0.25, 0.3) is 21.4 Å². The molecule has 2 rings (SSSR count). The fourth-order valence-corrected chi connectivity index (χ4v) is 3.17. The molecule has 2 aromatic rings. The van der Waals surface area contributed by atoms with E-state index in [-0.39, 0.29) is 15.7 Å². The van der Waals surface area contributed by atoms with Crippen molar-refractivity contribution in [2.45, 2.75) is 4.90 Å². The zero-order valence-electron chi connectivity index (χ0n) is 11.5. The Labute approximate surface area is 145 Å². The van der Waals surface area contributed by atoms with Gasteiger partial charge >= 0.3 is 0 Å². The number of hydrogen-bond acceptors (Lipinski definition) is 6. The van der Waals surface area contributed by atoms with E-state index in [1.54, 1.807) is 0 Å². The second-order valence-corrected chi connectivity index (χ2v) is 6.90. The highest BCUT2D eigenvalue weighted by atomic mass is 35.5. The minimum Gasteiger partial charge on any atom is -0.279 e. The smallest absolute Gasteiger partial charge is 0.279 e. The number of anilines is 1. The van der Waals surface area contributed by atoms with Crippen LogP contribution >= 0.6 is 23.2 Å². The second kappa shape index (κ2) is 6.59. The van der Waals surface area contributed by atoms with Crippen LogP contribution in [0.4, 0.5) is 17.1 Å². The van der Waals surface area contributed by atoms with E-state index in [2.05, 4.69) is 4.72 Å². The molecule has 126 valence electrons. The van der Waals surface area contributed by atoms with Crippen molar-refractivity contribution < 1.29 is 18.3 Å². The third kappa shape index (κ3) is 3.72. The lowest BCUT2D eigenvalue weighted by Crippen LogP contribution is -2.13. The quantitative estimate of drug-likeness (QED) is 0.611. The lowest BCUT2D eigenvalue weighted by Gasteiger charge is -2.08. The van der Waals surface area contributed by atoms with Crippen LogP contribution in [0.1, 0.15) is 0 Å². The molecule has 0 aliphatic carbocycles. The maximum Gasteiger partial charge on any atom is 0.289 e. The highest BCUT2D eigenvalue weighted by molar-refractivity contribution is 7.92. The largest absolute Gasteiger partial charge is 0.289 e. The van der Waals surface area contributed by atoms with Crippen molar-refractivity contribution in [3.05, 3.63) is 66.7 Å². The summed E-state index contributed by atoms with van der Waals surface area (Å²) < 4.78 is 26.6. The van der Waals surface area contributed by atoms with Crippen molar-refractivity contribution in [3.8, 4) is 0 Å². The van der Waals surface area contributed by atoms with Gasteiger partial charge in [0.2, 0.25) is 0 Å². The maximum absolute atomic E-state index is 12.3. The second-order valence-electron chi connectivity index (χ2n) is 4.40. The van der Waals surface area contributed by atoms with Crippen molar-refractivity contribution in [3.63, 3.8) is 0 Å². The Kier molecular flexibility index (Phi) is 4.92. The van der Waals surface area contributed by atoms with E-state index in [1.807, 2.05) is 0 Å². The number of nitro benzene ring substituents is 2. The molecular weight excluding hydrogens is 385 g/mol. The fraction of sp³-hybridized carbons (Fsp3) is 0. The summed E-state index contributed by atoms with van der Waals surface area (Å²) in [6, 6.07) is 6.23. The molecule has 12 heteroatoms. The van der Waals surface area contributed by atoms with Crippen LogP contribution in [0, 0.1) is 20.2 Å². The number of benzene rings is 2. The first kappa shape index (κ1) is 17.9. The first-order valence-electron chi connectivity index (χ1n) is 6.02. The van der Waals surface area contributed by atoms with Gasteiger partial charge in [0.05, 0.1) is 20.4 Å². The summed E-state index contributed by atoms with van der Waals surface area (Å²) >= 11 is 11.3. The number of rotatable bonds is 5. The molecule has 0 saturated carbocycles. The lowest BCUT2D eigenvalue weighted by atomic mass is 10.3. The first-order valence-corrected chi connectivity index (χ1v) is 8.26. The molecule has 0 spiro atoms. The van der Waals surface area contributed by atoms with Crippen molar-refractivity contribution in [1.82, 2.24) is 0 Å². The summed E-state index contributed by atoms with van der Waals surface area (Å²) in [6.45, 7) is 0. The Balaban J connectivity index is 2.42. The third-order valence-electron chi connectivity index (χ3n) is 2.82. The van der Waals surface area contributed by atoms with Crippen LogP contribution in [-0.2, 0) is 10.0 Å². The Morgan fingerprint density at radius 3 is 1.92 bits per heavy atom. The predicted molar refractivity (Wildman–Crippen MR) is 87.0 cm³/mol. The molecule has 24 heavy (non-hydrogen) atoms. The van der Waals surface area contributed by atoms with E-state index >= 15 is 0 Å². The van der Waals surface area contributed by atoms with E-state index < -0.39 is 36.1 Å². The molecule has 0 amide bonds. The number of hydrogen-bond donors (Lipinski definition) is 1. The molecular formula is C12H7Cl2N3O6S. The molecule has 0 saturated heterocycles. The summed E-state index contributed by atoms with van der Waals surface area (Å²) in [4.78, 5) is 19.6. The monoisotopic (exact) mass is 391 g/mol. The third-order valence-corrected chi connectivity index (χ3v) is 4.84. The van der Waals surface area contributed by atoms with Gasteiger partial charge in [-0.1, -0.05) is 23.2 Å². The van der Waals surface area contributed by atoms with Gasteiger partial charge in [0.15, 0.2) is 0 Å². The normalized spacial score (nSPS) is 11.1. The number of halogens is 2. The van der Waals surface area contributed by atoms with Gasteiger partial charge < -0.3 is 0 Å². The zero-order chi connectivity index (χ0) is 18.1. The molecule has 0 bridgehead atoms. The lowest BCUT2D eigenvalue weighted by molar-refractivity contribution is -0.385. The summed E-state index contributed by atoms with van der Waals surface area (Å²) in [5.74, 6) is 0. The summed E-state index contributed by atoms with van der Waals surface area (Å²) in [5, 5.41) is 21.3. The van der Waals surface area contributed by atoms with Gasteiger partial charge in [0, 0.05) is 12.1 Å². The molecule has 9 nitrogen and oxygen atoms in total. The molecule has 0 fully saturated rings. The molecule has 1 N–H and O–H groups in total. The van der Waals surface area contributed by atoms with E-state index in [4.69, 9.17) is 23.2 Å². The number of sulfonamides is 1. The highest BCUT2D eigenvalue weighted by Gasteiger charge is 2.22. The van der Waals surface area contributed by atoms with Gasteiger partial charge in [0.1, 0.15) is 10.0 Å². The van der Waals surface area contributed by atoms with Gasteiger partial charge in [-0.05, 0) is 24.3 Å². The number of nitrogens with zero attached hydrogens (tertiary/aromatic N) is 2. The Hall–Kier alpha value is -2.43. The average Bonchev–Trinajstić information content (AvgIpc) is 2.48. The molecule has 0 aliphatic heterocycles. The van der Waals surface area contributed by atoms with Crippen LogP contribution in [0.2, 0.25) is 10.0 Å². The predicted octanol–water partition coefficient (Wildman–Crippen LogP) is 3.61. The van der Waals surface area contributed by atoms with Crippen molar-refractivity contribution in [2.24, 2.45) is 0 Å². The molecule has 0 heterocycles. The Morgan fingerprint density at radius 1 is 0.875 bits per heavy atom. The summed E-state index contributed by atoms with van der Waals surface area (Å²) in [7, 11) is -4.22. The topological polar surface area (TPSA) is 132 Å². The Morgan fingerprint density at radius 2 is 1.38 bits per heavy atom. The van der Waals surface area contributed by atoms with E-state index in [0.29, 0.717) is 0 Å². The average molecular weight is 392 g/mol. The Bertz CT molecular complexity index is 948. The van der Waals surface area contributed by atoms with E-state index in [0.717, 1.165) is 30.3 Å². The standard InChI is InChI=1S/C12H7Cl2N3O6S/c13-9-3-1-7(5-11(9)16(18)19)15-24(22,23)8-2-4-10(14)12(6-8)17(20)21/h1-6,15H. The summed E-state index contributed by atoms with van der Waals surface area (Å²) in [6.07, 6.45) is 0. The molecule has 0 atom stereocenters. The van der Waals surface area contributed by atoms with Gasteiger partial charge in [-0.2, -0.15) is 0 Å².